The Morgan fingerprint density at radius 1 is 1.24 bits per heavy atom. The second-order valence-corrected chi connectivity index (χ2v) is 5.08. The zero-order valence-electron chi connectivity index (χ0n) is 11.1. The fourth-order valence-corrected chi connectivity index (χ4v) is 2.64. The van der Waals surface area contributed by atoms with Crippen molar-refractivity contribution in [2.24, 2.45) is 0 Å². The fraction of sp³-hybridized carbons (Fsp3) is 0.583. The van der Waals surface area contributed by atoms with Gasteiger partial charge in [-0.1, -0.05) is 0 Å². The number of urea groups is 1. The summed E-state index contributed by atoms with van der Waals surface area (Å²) >= 11 is 0. The van der Waals surface area contributed by atoms with E-state index in [1.807, 2.05) is 0 Å². The van der Waals surface area contributed by atoms with Gasteiger partial charge in [0.25, 0.3) is 0 Å². The van der Waals surface area contributed by atoms with Gasteiger partial charge in [0.05, 0.1) is 11.6 Å². The summed E-state index contributed by atoms with van der Waals surface area (Å²) in [5, 5.41) is 2.74. The van der Waals surface area contributed by atoms with E-state index in [2.05, 4.69) is 15.3 Å². The molecule has 1 atom stereocenters. The highest BCUT2D eigenvalue weighted by molar-refractivity contribution is 5.76. The van der Waals surface area contributed by atoms with Crippen molar-refractivity contribution in [1.82, 2.24) is 20.2 Å². The molecule has 114 valence electrons. The predicted molar refractivity (Wildman–Crippen MR) is 67.8 cm³/mol. The Bertz CT molecular complexity index is 533. The van der Waals surface area contributed by atoms with Gasteiger partial charge in [0.1, 0.15) is 0 Å². The summed E-state index contributed by atoms with van der Waals surface area (Å²) in [6, 6.07) is -0.0337. The molecule has 2 amide bonds. The minimum Gasteiger partial charge on any atom is -0.339 e. The van der Waals surface area contributed by atoms with Crippen molar-refractivity contribution in [1.29, 1.82) is 0 Å². The number of nitrogens with one attached hydrogen (secondary N) is 1. The number of nitrogens with zero attached hydrogens (tertiary/aromatic N) is 4. The monoisotopic (exact) mass is 301 g/mol. The van der Waals surface area contributed by atoms with Gasteiger partial charge < -0.3 is 15.1 Å². The molecule has 9 heteroatoms. The molecule has 0 bridgehead atoms. The van der Waals surface area contributed by atoms with Gasteiger partial charge in [0, 0.05) is 38.6 Å². The molecule has 0 aromatic carbocycles. The highest BCUT2D eigenvalue weighted by atomic mass is 19.4. The van der Waals surface area contributed by atoms with E-state index in [0.717, 1.165) is 18.8 Å². The van der Waals surface area contributed by atoms with Crippen LogP contribution in [0.5, 0.6) is 0 Å². The smallest absolute Gasteiger partial charge is 0.339 e. The minimum absolute atomic E-state index is 0.0541. The highest BCUT2D eigenvalue weighted by Gasteiger charge is 2.35. The molecule has 2 fully saturated rings. The molecule has 3 rings (SSSR count). The van der Waals surface area contributed by atoms with Crippen LogP contribution in [0.25, 0.3) is 0 Å². The number of alkyl halides is 3. The van der Waals surface area contributed by atoms with Gasteiger partial charge in [0.15, 0.2) is 0 Å². The molecule has 2 aliphatic rings. The molecular formula is C12H14F3N5O. The molecule has 0 spiro atoms. The third kappa shape index (κ3) is 2.72. The number of amides is 2. The van der Waals surface area contributed by atoms with Crippen LogP contribution in [-0.4, -0.2) is 53.1 Å². The zero-order chi connectivity index (χ0) is 15.0. The van der Waals surface area contributed by atoms with Gasteiger partial charge in [-0.3, -0.25) is 0 Å². The van der Waals surface area contributed by atoms with Crippen LogP contribution < -0.4 is 10.2 Å². The molecule has 6 nitrogen and oxygen atoms in total. The van der Waals surface area contributed by atoms with E-state index in [4.69, 9.17) is 0 Å². The van der Waals surface area contributed by atoms with Crippen LogP contribution in [0, 0.1) is 0 Å². The van der Waals surface area contributed by atoms with Gasteiger partial charge >= 0.3 is 12.2 Å². The number of aromatic nitrogens is 2. The summed E-state index contributed by atoms with van der Waals surface area (Å²) in [4.78, 5) is 22.7. The van der Waals surface area contributed by atoms with Gasteiger partial charge in [0.2, 0.25) is 5.95 Å². The maximum atomic E-state index is 12.5. The molecule has 0 aliphatic carbocycles. The Morgan fingerprint density at radius 2 is 1.95 bits per heavy atom. The van der Waals surface area contributed by atoms with Crippen molar-refractivity contribution in [3.05, 3.63) is 18.0 Å². The van der Waals surface area contributed by atoms with Crippen molar-refractivity contribution >= 4 is 12.0 Å². The predicted octanol–water partition coefficient (Wildman–Crippen LogP) is 1.10. The lowest BCUT2D eigenvalue weighted by Gasteiger charge is -2.23. The summed E-state index contributed by atoms with van der Waals surface area (Å²) in [6.07, 6.45) is -2.09. The average Bonchev–Trinajstić information content (AvgIpc) is 3.06. The van der Waals surface area contributed by atoms with Crippen molar-refractivity contribution in [3.63, 3.8) is 0 Å². The van der Waals surface area contributed by atoms with E-state index < -0.39 is 11.7 Å². The first kappa shape index (κ1) is 13.9. The topological polar surface area (TPSA) is 61.4 Å². The molecular weight excluding hydrogens is 287 g/mol. The molecule has 21 heavy (non-hydrogen) atoms. The molecule has 2 aliphatic heterocycles. The standard InChI is InChI=1S/C12H14F3N5O/c13-12(14,15)8-5-17-10(18-6-8)19-3-1-9(7-19)20-4-2-16-11(20)21/h5-6,9H,1-4,7H2,(H,16,21). The number of hydrogen-bond acceptors (Lipinski definition) is 4. The van der Waals surface area contributed by atoms with E-state index in [9.17, 15) is 18.0 Å². The van der Waals surface area contributed by atoms with Gasteiger partial charge in [-0.05, 0) is 6.42 Å². The summed E-state index contributed by atoms with van der Waals surface area (Å²) in [5.41, 5.74) is -0.860. The fourth-order valence-electron chi connectivity index (χ4n) is 2.64. The Kier molecular flexibility index (Phi) is 3.34. The molecule has 2 saturated heterocycles. The second-order valence-electron chi connectivity index (χ2n) is 5.08. The van der Waals surface area contributed by atoms with Crippen molar-refractivity contribution in [2.45, 2.75) is 18.6 Å². The normalized spacial score (nSPS) is 22.8. The van der Waals surface area contributed by atoms with E-state index >= 15 is 0 Å². The van der Waals surface area contributed by atoms with Crippen LogP contribution >= 0.6 is 0 Å². The van der Waals surface area contributed by atoms with Crippen LogP contribution in [-0.2, 0) is 6.18 Å². The molecule has 1 N–H and O–H groups in total. The Morgan fingerprint density at radius 3 is 2.52 bits per heavy atom. The van der Waals surface area contributed by atoms with Crippen molar-refractivity contribution in [3.8, 4) is 0 Å². The Hall–Kier alpha value is -2.06. The Balaban J connectivity index is 1.67. The first-order valence-corrected chi connectivity index (χ1v) is 6.64. The summed E-state index contributed by atoms with van der Waals surface area (Å²) < 4.78 is 37.4. The SMILES string of the molecule is O=C1NCCN1C1CCN(c2ncc(C(F)(F)F)cn2)C1. The number of carbonyl (C=O) groups excluding carboxylic acids is 1. The second kappa shape index (κ2) is 5.05. The first-order chi connectivity index (χ1) is 9.95. The number of rotatable bonds is 2. The van der Waals surface area contributed by atoms with Crippen LogP contribution in [0.15, 0.2) is 12.4 Å². The lowest BCUT2D eigenvalue weighted by molar-refractivity contribution is -0.138. The largest absolute Gasteiger partial charge is 0.419 e. The molecule has 1 aromatic rings. The van der Waals surface area contributed by atoms with E-state index in [1.165, 1.54) is 0 Å². The maximum absolute atomic E-state index is 12.5. The quantitative estimate of drug-likeness (QED) is 0.888. The van der Waals surface area contributed by atoms with Gasteiger partial charge in [-0.2, -0.15) is 13.2 Å². The molecule has 0 radical (unpaired) electrons. The van der Waals surface area contributed by atoms with Crippen LogP contribution in [0.3, 0.4) is 0 Å². The van der Waals surface area contributed by atoms with E-state index in [0.29, 0.717) is 26.2 Å². The molecule has 0 saturated carbocycles. The molecule has 1 unspecified atom stereocenters. The van der Waals surface area contributed by atoms with Gasteiger partial charge in [-0.15, -0.1) is 0 Å². The van der Waals surface area contributed by atoms with Crippen LogP contribution in [0.2, 0.25) is 0 Å². The van der Waals surface area contributed by atoms with Gasteiger partial charge in [-0.25, -0.2) is 14.8 Å². The summed E-state index contributed by atoms with van der Waals surface area (Å²) in [7, 11) is 0. The van der Waals surface area contributed by atoms with E-state index in [1.54, 1.807) is 9.80 Å². The summed E-state index contributed by atoms with van der Waals surface area (Å²) in [5.74, 6) is 0.269. The minimum atomic E-state index is -4.43. The molecule has 3 heterocycles. The third-order valence-electron chi connectivity index (χ3n) is 3.74. The number of anilines is 1. The third-order valence-corrected chi connectivity index (χ3v) is 3.74. The Labute approximate surface area is 119 Å². The first-order valence-electron chi connectivity index (χ1n) is 6.64. The lowest BCUT2D eigenvalue weighted by Crippen LogP contribution is -2.40. The number of hydrogen-bond donors (Lipinski definition) is 1. The number of carbonyl (C=O) groups is 1. The molecule has 1 aromatic heterocycles. The average molecular weight is 301 g/mol. The highest BCUT2D eigenvalue weighted by Crippen LogP contribution is 2.29. The van der Waals surface area contributed by atoms with Crippen LogP contribution in [0.1, 0.15) is 12.0 Å². The lowest BCUT2D eigenvalue weighted by atomic mass is 10.2. The van der Waals surface area contributed by atoms with Crippen LogP contribution in [0.4, 0.5) is 23.9 Å². The maximum Gasteiger partial charge on any atom is 0.419 e. The summed E-state index contributed by atoms with van der Waals surface area (Å²) in [6.45, 7) is 2.45. The number of halogens is 3. The van der Waals surface area contributed by atoms with Crippen molar-refractivity contribution < 1.29 is 18.0 Å². The van der Waals surface area contributed by atoms with Crippen molar-refractivity contribution in [2.75, 3.05) is 31.1 Å². The zero-order valence-corrected chi connectivity index (χ0v) is 11.1. The van der Waals surface area contributed by atoms with E-state index in [-0.39, 0.29) is 18.0 Å².